The van der Waals surface area contributed by atoms with Crippen LogP contribution in [0.3, 0.4) is 0 Å². The molecule has 3 aromatic rings. The molecule has 0 aliphatic heterocycles. The number of rotatable bonds is 8. The summed E-state index contributed by atoms with van der Waals surface area (Å²) in [5.74, 6) is 2.01. The zero-order chi connectivity index (χ0) is 22.3. The van der Waals surface area contributed by atoms with Crippen molar-refractivity contribution in [2.45, 2.75) is 51.0 Å². The van der Waals surface area contributed by atoms with Crippen molar-refractivity contribution in [3.05, 3.63) is 89.5 Å². The Kier molecular flexibility index (Phi) is 7.10. The summed E-state index contributed by atoms with van der Waals surface area (Å²) in [5.41, 5.74) is 3.60. The van der Waals surface area contributed by atoms with Crippen LogP contribution in [-0.4, -0.2) is 19.2 Å². The fourth-order valence-electron chi connectivity index (χ4n) is 4.40. The van der Waals surface area contributed by atoms with Crippen LogP contribution in [-0.2, 0) is 11.2 Å². The van der Waals surface area contributed by atoms with Crippen molar-refractivity contribution in [1.29, 1.82) is 0 Å². The number of carbonyl (C=O) groups excluding carboxylic acids is 1. The Bertz CT molecular complexity index is 1020. The quantitative estimate of drug-likeness (QED) is 0.310. The van der Waals surface area contributed by atoms with Gasteiger partial charge in [-0.3, -0.25) is 4.79 Å². The number of esters is 1. The Labute approximate surface area is 190 Å². The van der Waals surface area contributed by atoms with Gasteiger partial charge in [0.2, 0.25) is 0 Å². The van der Waals surface area contributed by atoms with Crippen LogP contribution in [0.25, 0.3) is 0 Å². The smallest absolute Gasteiger partial charge is 0.308 e. The zero-order valence-electron chi connectivity index (χ0n) is 18.8. The fourth-order valence-corrected chi connectivity index (χ4v) is 4.40. The standard InChI is InChI=1S/C28H30O4/c1-20(29)31-25-15-12-21(13-16-25)18-26(22-8-4-3-5-9-22)23-14-17-27(30-2)28(19-23)32-24-10-6-7-11-24/h3-5,8-9,12-17,19,24,26H,6-7,10-11,18H2,1-2H3. The minimum Gasteiger partial charge on any atom is -0.493 e. The largest absolute Gasteiger partial charge is 0.493 e. The predicted molar refractivity (Wildman–Crippen MR) is 126 cm³/mol. The second-order valence-electron chi connectivity index (χ2n) is 8.34. The first kappa shape index (κ1) is 21.9. The maximum atomic E-state index is 11.2. The molecule has 1 aliphatic rings. The molecule has 1 saturated carbocycles. The molecule has 1 unspecified atom stereocenters. The molecule has 4 rings (SSSR count). The van der Waals surface area contributed by atoms with Crippen LogP contribution >= 0.6 is 0 Å². The summed E-state index contributed by atoms with van der Waals surface area (Å²) < 4.78 is 17.1. The predicted octanol–water partition coefficient (Wildman–Crippen LogP) is 6.32. The highest BCUT2D eigenvalue weighted by atomic mass is 16.5. The van der Waals surface area contributed by atoms with Gasteiger partial charge in [0.25, 0.3) is 0 Å². The van der Waals surface area contributed by atoms with E-state index in [1.165, 1.54) is 36.5 Å². The third-order valence-corrected chi connectivity index (χ3v) is 6.01. The van der Waals surface area contributed by atoms with Crippen LogP contribution in [0, 0.1) is 0 Å². The first-order valence-corrected chi connectivity index (χ1v) is 11.3. The summed E-state index contributed by atoms with van der Waals surface area (Å²) in [4.78, 5) is 11.2. The lowest BCUT2D eigenvalue weighted by Crippen LogP contribution is -2.12. The molecule has 166 valence electrons. The van der Waals surface area contributed by atoms with E-state index in [0.717, 1.165) is 30.8 Å². The molecule has 1 aliphatic carbocycles. The van der Waals surface area contributed by atoms with Gasteiger partial charge in [-0.15, -0.1) is 0 Å². The summed E-state index contributed by atoms with van der Waals surface area (Å²) >= 11 is 0. The molecule has 0 radical (unpaired) electrons. The summed E-state index contributed by atoms with van der Waals surface area (Å²) in [6, 6.07) is 24.5. The number of benzene rings is 3. The molecule has 0 amide bonds. The first-order valence-electron chi connectivity index (χ1n) is 11.3. The van der Waals surface area contributed by atoms with Gasteiger partial charge < -0.3 is 14.2 Å². The van der Waals surface area contributed by atoms with Crippen molar-refractivity contribution in [3.63, 3.8) is 0 Å². The van der Waals surface area contributed by atoms with E-state index < -0.39 is 0 Å². The molecule has 0 aromatic heterocycles. The van der Waals surface area contributed by atoms with E-state index in [4.69, 9.17) is 14.2 Å². The highest BCUT2D eigenvalue weighted by molar-refractivity contribution is 5.69. The molecule has 1 fully saturated rings. The molecule has 0 heterocycles. The van der Waals surface area contributed by atoms with E-state index in [1.54, 1.807) is 7.11 Å². The van der Waals surface area contributed by atoms with E-state index in [9.17, 15) is 4.79 Å². The monoisotopic (exact) mass is 430 g/mol. The van der Waals surface area contributed by atoms with Gasteiger partial charge in [-0.05, 0) is 73.1 Å². The second kappa shape index (κ2) is 10.4. The number of hydrogen-bond donors (Lipinski definition) is 0. The van der Waals surface area contributed by atoms with Crippen LogP contribution in [0.5, 0.6) is 17.2 Å². The van der Waals surface area contributed by atoms with Gasteiger partial charge in [0, 0.05) is 12.8 Å². The van der Waals surface area contributed by atoms with Crippen LogP contribution in [0.15, 0.2) is 72.8 Å². The summed E-state index contributed by atoms with van der Waals surface area (Å²) in [6.07, 6.45) is 5.74. The third kappa shape index (κ3) is 5.50. The number of methoxy groups -OCH3 is 1. The molecule has 0 saturated heterocycles. The fraction of sp³-hybridized carbons (Fsp3) is 0.321. The SMILES string of the molecule is COc1ccc(C(Cc2ccc(OC(C)=O)cc2)c2ccccc2)cc1OC1CCCC1. The maximum Gasteiger partial charge on any atom is 0.308 e. The van der Waals surface area contributed by atoms with E-state index in [-0.39, 0.29) is 18.0 Å². The Balaban J connectivity index is 1.64. The minimum absolute atomic E-state index is 0.160. The lowest BCUT2D eigenvalue weighted by atomic mass is 9.86. The molecule has 4 heteroatoms. The van der Waals surface area contributed by atoms with Crippen molar-refractivity contribution in [2.75, 3.05) is 7.11 Å². The Hall–Kier alpha value is -3.27. The van der Waals surface area contributed by atoms with Gasteiger partial charge >= 0.3 is 5.97 Å². The van der Waals surface area contributed by atoms with Crippen molar-refractivity contribution in [2.24, 2.45) is 0 Å². The zero-order valence-corrected chi connectivity index (χ0v) is 18.8. The summed E-state index contributed by atoms with van der Waals surface area (Å²) in [6.45, 7) is 1.41. The molecular weight excluding hydrogens is 400 g/mol. The maximum absolute atomic E-state index is 11.2. The van der Waals surface area contributed by atoms with E-state index in [1.807, 2.05) is 36.4 Å². The van der Waals surface area contributed by atoms with E-state index in [2.05, 4.69) is 36.4 Å². The summed E-state index contributed by atoms with van der Waals surface area (Å²) in [5, 5.41) is 0. The minimum atomic E-state index is -0.312. The Morgan fingerprint density at radius 1 is 0.906 bits per heavy atom. The van der Waals surface area contributed by atoms with E-state index >= 15 is 0 Å². The molecular formula is C28H30O4. The normalized spacial score (nSPS) is 14.7. The van der Waals surface area contributed by atoms with Crippen molar-refractivity contribution in [1.82, 2.24) is 0 Å². The van der Waals surface area contributed by atoms with Crippen LogP contribution in [0.4, 0.5) is 0 Å². The van der Waals surface area contributed by atoms with Gasteiger partial charge in [-0.2, -0.15) is 0 Å². The lowest BCUT2D eigenvalue weighted by molar-refractivity contribution is -0.131. The second-order valence-corrected chi connectivity index (χ2v) is 8.34. The molecule has 4 nitrogen and oxygen atoms in total. The van der Waals surface area contributed by atoms with Crippen molar-refractivity contribution in [3.8, 4) is 17.2 Å². The van der Waals surface area contributed by atoms with Gasteiger partial charge in [0.1, 0.15) is 5.75 Å². The molecule has 0 N–H and O–H groups in total. The average molecular weight is 431 g/mol. The highest BCUT2D eigenvalue weighted by Gasteiger charge is 2.21. The first-order chi connectivity index (χ1) is 15.6. The average Bonchev–Trinajstić information content (AvgIpc) is 3.32. The van der Waals surface area contributed by atoms with Crippen LogP contribution in [0.2, 0.25) is 0 Å². The number of carbonyl (C=O) groups is 1. The van der Waals surface area contributed by atoms with Gasteiger partial charge in [-0.1, -0.05) is 48.5 Å². The molecule has 32 heavy (non-hydrogen) atoms. The molecule has 1 atom stereocenters. The van der Waals surface area contributed by atoms with Crippen molar-refractivity contribution < 1.29 is 19.0 Å². The van der Waals surface area contributed by atoms with E-state index in [0.29, 0.717) is 5.75 Å². The van der Waals surface area contributed by atoms with Gasteiger partial charge in [-0.25, -0.2) is 0 Å². The van der Waals surface area contributed by atoms with Crippen LogP contribution in [0.1, 0.15) is 55.2 Å². The Morgan fingerprint density at radius 3 is 2.28 bits per heavy atom. The molecule has 0 bridgehead atoms. The molecule has 3 aromatic carbocycles. The number of ether oxygens (including phenoxy) is 3. The van der Waals surface area contributed by atoms with Gasteiger partial charge in [0.05, 0.1) is 13.2 Å². The highest BCUT2D eigenvalue weighted by Crippen LogP contribution is 2.37. The summed E-state index contributed by atoms with van der Waals surface area (Å²) in [7, 11) is 1.69. The van der Waals surface area contributed by atoms with Crippen molar-refractivity contribution >= 4 is 5.97 Å². The third-order valence-electron chi connectivity index (χ3n) is 6.01. The molecule has 0 spiro atoms. The topological polar surface area (TPSA) is 44.8 Å². The van der Waals surface area contributed by atoms with Gasteiger partial charge in [0.15, 0.2) is 11.5 Å². The number of hydrogen-bond acceptors (Lipinski definition) is 4. The van der Waals surface area contributed by atoms with Crippen LogP contribution < -0.4 is 14.2 Å². The lowest BCUT2D eigenvalue weighted by Gasteiger charge is -2.22. The Morgan fingerprint density at radius 2 is 1.62 bits per heavy atom.